The van der Waals surface area contributed by atoms with E-state index in [1.165, 1.54) is 5.57 Å². The molecule has 0 fully saturated rings. The van der Waals surface area contributed by atoms with Gasteiger partial charge in [0.05, 0.1) is 4.91 Å². The van der Waals surface area contributed by atoms with Gasteiger partial charge in [0.2, 0.25) is 10.0 Å². The number of hydrogen-bond acceptors (Lipinski definition) is 2. The van der Waals surface area contributed by atoms with Crippen molar-refractivity contribution in [2.24, 2.45) is 16.5 Å². The number of rotatable bonds is 1. The second kappa shape index (κ2) is 3.76. The second-order valence-corrected chi connectivity index (χ2v) is 6.72. The predicted molar refractivity (Wildman–Crippen MR) is 62.5 cm³/mol. The molecule has 2 N–H and O–H groups in total. The maximum Gasteiger partial charge on any atom is 0.234 e. The molecule has 0 aromatic carbocycles. The minimum absolute atomic E-state index is 0.0146. The number of sulfonamides is 1. The molecule has 0 spiro atoms. The quantitative estimate of drug-likeness (QED) is 0.749. The van der Waals surface area contributed by atoms with Gasteiger partial charge in [-0.05, 0) is 23.8 Å². The third-order valence-electron chi connectivity index (χ3n) is 2.75. The summed E-state index contributed by atoms with van der Waals surface area (Å²) in [7, 11) is -3.53. The maximum absolute atomic E-state index is 11.2. The van der Waals surface area contributed by atoms with E-state index in [-0.39, 0.29) is 11.3 Å². The van der Waals surface area contributed by atoms with Crippen LogP contribution in [0.25, 0.3) is 0 Å². The lowest BCUT2D eigenvalue weighted by molar-refractivity contribution is 0.457. The molecule has 3 nitrogen and oxygen atoms in total. The monoisotopic (exact) mass is 229 g/mol. The van der Waals surface area contributed by atoms with E-state index in [2.05, 4.69) is 20.8 Å². The van der Waals surface area contributed by atoms with Crippen LogP contribution in [0.1, 0.15) is 34.1 Å². The van der Waals surface area contributed by atoms with Gasteiger partial charge in [-0.1, -0.05) is 39.3 Å². The van der Waals surface area contributed by atoms with Gasteiger partial charge in [-0.2, -0.15) is 0 Å². The summed E-state index contributed by atoms with van der Waals surface area (Å²) >= 11 is 0. The van der Waals surface area contributed by atoms with Crippen molar-refractivity contribution in [3.05, 3.63) is 22.6 Å². The van der Waals surface area contributed by atoms with Crippen LogP contribution in [-0.4, -0.2) is 8.42 Å². The summed E-state index contributed by atoms with van der Waals surface area (Å²) in [5.41, 5.74) is 1.36. The van der Waals surface area contributed by atoms with Crippen molar-refractivity contribution in [1.82, 2.24) is 0 Å². The van der Waals surface area contributed by atoms with Crippen molar-refractivity contribution in [3.63, 3.8) is 0 Å². The molecular weight excluding hydrogens is 210 g/mol. The van der Waals surface area contributed by atoms with Gasteiger partial charge in [-0.15, -0.1) is 0 Å². The van der Waals surface area contributed by atoms with Crippen molar-refractivity contribution < 1.29 is 8.42 Å². The normalized spacial score (nSPS) is 23.4. The Bertz CT molecular complexity index is 410. The fraction of sp³-hybridized carbons (Fsp3) is 0.636. The molecular formula is C11H19NO2S. The zero-order valence-corrected chi connectivity index (χ0v) is 10.6. The van der Waals surface area contributed by atoms with E-state index in [1.54, 1.807) is 6.08 Å². The molecule has 0 heterocycles. The molecule has 1 unspecified atom stereocenters. The highest BCUT2D eigenvalue weighted by Gasteiger charge is 2.27. The molecule has 0 saturated carbocycles. The first-order valence-corrected chi connectivity index (χ1v) is 6.61. The number of nitrogens with two attached hydrogens (primary N) is 1. The van der Waals surface area contributed by atoms with Crippen LogP contribution in [0.15, 0.2) is 22.6 Å². The minimum atomic E-state index is -3.53. The van der Waals surface area contributed by atoms with Gasteiger partial charge in [-0.25, -0.2) is 13.6 Å². The fourth-order valence-corrected chi connectivity index (χ4v) is 2.68. The third kappa shape index (κ3) is 2.92. The van der Waals surface area contributed by atoms with Crippen LogP contribution in [0.5, 0.6) is 0 Å². The lowest BCUT2D eigenvalue weighted by Crippen LogP contribution is -2.23. The van der Waals surface area contributed by atoms with Crippen LogP contribution in [0.2, 0.25) is 0 Å². The Morgan fingerprint density at radius 2 is 1.87 bits per heavy atom. The summed E-state index contributed by atoms with van der Waals surface area (Å²) in [4.78, 5) is 0.343. The van der Waals surface area contributed by atoms with E-state index >= 15 is 0 Å². The van der Waals surface area contributed by atoms with Gasteiger partial charge in [0, 0.05) is 0 Å². The van der Waals surface area contributed by atoms with Crippen LogP contribution in [-0.2, 0) is 10.0 Å². The molecule has 4 heteroatoms. The van der Waals surface area contributed by atoms with E-state index in [0.29, 0.717) is 4.91 Å². The molecule has 86 valence electrons. The van der Waals surface area contributed by atoms with Crippen LogP contribution >= 0.6 is 0 Å². The highest BCUT2D eigenvalue weighted by molar-refractivity contribution is 7.93. The third-order valence-corrected chi connectivity index (χ3v) is 3.95. The summed E-state index contributed by atoms with van der Waals surface area (Å²) in [6, 6.07) is 0. The van der Waals surface area contributed by atoms with E-state index in [9.17, 15) is 8.42 Å². The molecule has 0 aromatic rings. The van der Waals surface area contributed by atoms with E-state index in [1.807, 2.05) is 13.0 Å². The lowest BCUT2D eigenvalue weighted by atomic mass is 9.79. The first-order chi connectivity index (χ1) is 6.62. The summed E-state index contributed by atoms with van der Waals surface area (Å²) in [6.07, 6.45) is 4.30. The molecule has 0 aliphatic heterocycles. The van der Waals surface area contributed by atoms with Crippen molar-refractivity contribution in [2.45, 2.75) is 34.1 Å². The molecule has 1 rings (SSSR count). The molecule has 1 atom stereocenters. The highest BCUT2D eigenvalue weighted by atomic mass is 32.2. The Balaban J connectivity index is 3.10. The minimum Gasteiger partial charge on any atom is -0.225 e. The molecule has 0 aromatic heterocycles. The Kier molecular flexibility index (Phi) is 3.12. The van der Waals surface area contributed by atoms with Crippen LogP contribution in [0, 0.1) is 11.3 Å². The fourth-order valence-electron chi connectivity index (χ4n) is 1.78. The average molecular weight is 229 g/mol. The van der Waals surface area contributed by atoms with Crippen molar-refractivity contribution in [3.8, 4) is 0 Å². The summed E-state index contributed by atoms with van der Waals surface area (Å²) in [5, 5.41) is 5.13. The van der Waals surface area contributed by atoms with Gasteiger partial charge >= 0.3 is 0 Å². The van der Waals surface area contributed by atoms with Crippen molar-refractivity contribution in [2.75, 3.05) is 0 Å². The number of allylic oxidation sites excluding steroid dienone is 4. The van der Waals surface area contributed by atoms with Crippen LogP contribution < -0.4 is 5.14 Å². The second-order valence-electron chi connectivity index (χ2n) is 5.16. The van der Waals surface area contributed by atoms with Gasteiger partial charge in [0.1, 0.15) is 0 Å². The smallest absolute Gasteiger partial charge is 0.225 e. The summed E-state index contributed by atoms with van der Waals surface area (Å²) in [6.45, 7) is 8.28. The van der Waals surface area contributed by atoms with E-state index < -0.39 is 10.0 Å². The molecule has 0 bridgehead atoms. The number of primary sulfonamides is 1. The SMILES string of the molecule is CC1CC(C(C)(C)C)=CC=C1S(N)(=O)=O. The van der Waals surface area contributed by atoms with Gasteiger partial charge in [-0.3, -0.25) is 0 Å². The average Bonchev–Trinajstić information content (AvgIpc) is 1.99. The first-order valence-electron chi connectivity index (χ1n) is 5.06. The molecule has 0 radical (unpaired) electrons. The molecule has 1 aliphatic rings. The Morgan fingerprint density at radius 1 is 1.33 bits per heavy atom. The van der Waals surface area contributed by atoms with E-state index in [0.717, 1.165) is 6.42 Å². The Labute approximate surface area is 92.1 Å². The van der Waals surface area contributed by atoms with Gasteiger partial charge < -0.3 is 0 Å². The summed E-state index contributed by atoms with van der Waals surface area (Å²) < 4.78 is 22.5. The van der Waals surface area contributed by atoms with Crippen LogP contribution in [0.3, 0.4) is 0 Å². The van der Waals surface area contributed by atoms with Crippen LogP contribution in [0.4, 0.5) is 0 Å². The van der Waals surface area contributed by atoms with Crippen molar-refractivity contribution in [1.29, 1.82) is 0 Å². The standard InChI is InChI=1S/C11H19NO2S/c1-8-7-9(11(2,3)4)5-6-10(8)15(12,13)14/h5-6,8H,7H2,1-4H3,(H2,12,13,14). The molecule has 1 aliphatic carbocycles. The zero-order valence-electron chi connectivity index (χ0n) is 9.74. The Hall–Kier alpha value is -0.610. The van der Waals surface area contributed by atoms with Gasteiger partial charge in [0.25, 0.3) is 0 Å². The predicted octanol–water partition coefficient (Wildman–Crippen LogP) is 2.17. The number of hydrogen-bond donors (Lipinski definition) is 1. The topological polar surface area (TPSA) is 60.2 Å². The van der Waals surface area contributed by atoms with Crippen molar-refractivity contribution >= 4 is 10.0 Å². The summed E-state index contributed by atoms with van der Waals surface area (Å²) in [5.74, 6) is -0.0146. The highest BCUT2D eigenvalue weighted by Crippen LogP contribution is 2.36. The van der Waals surface area contributed by atoms with Gasteiger partial charge in [0.15, 0.2) is 0 Å². The van der Waals surface area contributed by atoms with E-state index in [4.69, 9.17) is 5.14 Å². The zero-order chi connectivity index (χ0) is 11.9. The first kappa shape index (κ1) is 12.5. The Morgan fingerprint density at radius 3 is 2.20 bits per heavy atom. The molecule has 0 saturated heterocycles. The largest absolute Gasteiger partial charge is 0.234 e. The lowest BCUT2D eigenvalue weighted by Gasteiger charge is -2.29. The maximum atomic E-state index is 11.2. The molecule has 0 amide bonds. The molecule has 15 heavy (non-hydrogen) atoms.